The smallest absolute Gasteiger partial charge is 0.0473 e. The maximum absolute atomic E-state index is 4.97. The van der Waals surface area contributed by atoms with Crippen molar-refractivity contribution in [2.24, 2.45) is 0 Å². The maximum atomic E-state index is 4.97. The molecule has 1 nitrogen and oxygen atoms in total. The summed E-state index contributed by atoms with van der Waals surface area (Å²) in [5.74, 6) is 0. The van der Waals surface area contributed by atoms with Crippen molar-refractivity contribution in [1.82, 2.24) is 0 Å². The molecule has 54 valence electrons. The first-order chi connectivity index (χ1) is 4.38. The van der Waals surface area contributed by atoms with Gasteiger partial charge in [-0.05, 0) is 12.8 Å². The number of hydrogen-bond acceptors (Lipinski definition) is 2. The van der Waals surface area contributed by atoms with Gasteiger partial charge in [-0.3, -0.25) is 0 Å². The zero-order valence-electron chi connectivity index (χ0n) is 6.09. The zero-order valence-corrected chi connectivity index (χ0v) is 6.91. The van der Waals surface area contributed by atoms with Gasteiger partial charge in [0.1, 0.15) is 0 Å². The Morgan fingerprint density at radius 2 is 2.22 bits per heavy atom. The second kappa shape index (κ2) is 3.47. The van der Waals surface area contributed by atoms with Crippen LogP contribution in [0.2, 0.25) is 0 Å². The lowest BCUT2D eigenvalue weighted by atomic mass is 10.2. The highest BCUT2D eigenvalue weighted by atomic mass is 32.2. The van der Waals surface area contributed by atoms with Crippen molar-refractivity contribution in [1.29, 1.82) is 0 Å². The summed E-state index contributed by atoms with van der Waals surface area (Å²) < 4.78 is 4.97. The van der Waals surface area contributed by atoms with Gasteiger partial charge in [-0.1, -0.05) is 6.92 Å². The Labute approximate surface area is 61.2 Å². The van der Waals surface area contributed by atoms with Crippen molar-refractivity contribution in [3.63, 3.8) is 0 Å². The van der Waals surface area contributed by atoms with Crippen LogP contribution in [0.5, 0.6) is 0 Å². The third-order valence-electron chi connectivity index (χ3n) is 1.70. The van der Waals surface area contributed by atoms with E-state index in [2.05, 4.69) is 18.7 Å². The largest absolute Gasteiger partial charge is 0.385 e. The summed E-state index contributed by atoms with van der Waals surface area (Å²) in [5.41, 5.74) is 0. The minimum atomic E-state index is 0.926. The number of thioether (sulfide) groups is 1. The van der Waals surface area contributed by atoms with Gasteiger partial charge in [-0.2, -0.15) is 11.8 Å². The summed E-state index contributed by atoms with van der Waals surface area (Å²) in [6, 6.07) is 0. The molecule has 0 radical (unpaired) electrons. The summed E-state index contributed by atoms with van der Waals surface area (Å²) in [4.78, 5) is 0. The van der Waals surface area contributed by atoms with E-state index in [0.29, 0.717) is 0 Å². The van der Waals surface area contributed by atoms with E-state index in [1.54, 1.807) is 7.11 Å². The predicted octanol–water partition coefficient (Wildman–Crippen LogP) is 1.92. The third kappa shape index (κ3) is 2.18. The Kier molecular flexibility index (Phi) is 2.86. The standard InChI is InChI=1S/C7H14OS/c1-3-6-7(9-6)4-5-8-2/h6-7H,3-5H2,1-2H3. The van der Waals surface area contributed by atoms with Gasteiger partial charge < -0.3 is 4.74 Å². The molecule has 2 unspecified atom stereocenters. The molecule has 1 fully saturated rings. The van der Waals surface area contributed by atoms with Crippen LogP contribution in [0.3, 0.4) is 0 Å². The lowest BCUT2D eigenvalue weighted by molar-refractivity contribution is 0.196. The van der Waals surface area contributed by atoms with Crippen LogP contribution >= 0.6 is 11.8 Å². The summed E-state index contributed by atoms with van der Waals surface area (Å²) in [7, 11) is 1.77. The summed E-state index contributed by atoms with van der Waals surface area (Å²) in [6.07, 6.45) is 2.58. The normalized spacial score (nSPS) is 32.7. The molecule has 1 rings (SSSR count). The van der Waals surface area contributed by atoms with E-state index in [0.717, 1.165) is 17.1 Å². The van der Waals surface area contributed by atoms with Gasteiger partial charge in [0, 0.05) is 24.2 Å². The van der Waals surface area contributed by atoms with E-state index in [1.165, 1.54) is 12.8 Å². The second-order valence-electron chi connectivity index (χ2n) is 2.40. The van der Waals surface area contributed by atoms with Crippen molar-refractivity contribution >= 4 is 11.8 Å². The Morgan fingerprint density at radius 1 is 1.44 bits per heavy atom. The molecule has 1 saturated heterocycles. The summed E-state index contributed by atoms with van der Waals surface area (Å²) in [5, 5.41) is 1.88. The quantitative estimate of drug-likeness (QED) is 0.560. The zero-order chi connectivity index (χ0) is 6.69. The number of methoxy groups -OCH3 is 1. The van der Waals surface area contributed by atoms with Crippen molar-refractivity contribution < 1.29 is 4.74 Å². The van der Waals surface area contributed by atoms with Crippen molar-refractivity contribution in [2.45, 2.75) is 30.3 Å². The van der Waals surface area contributed by atoms with Crippen LogP contribution in [0, 0.1) is 0 Å². The number of ether oxygens (including phenoxy) is 1. The average Bonchev–Trinajstić information content (AvgIpc) is 2.62. The number of hydrogen-bond donors (Lipinski definition) is 0. The fraction of sp³-hybridized carbons (Fsp3) is 1.00. The molecule has 0 spiro atoms. The first kappa shape index (κ1) is 7.42. The molecular formula is C7H14OS. The molecule has 1 aliphatic rings. The molecular weight excluding hydrogens is 132 g/mol. The molecule has 2 heteroatoms. The van der Waals surface area contributed by atoms with E-state index in [-0.39, 0.29) is 0 Å². The molecule has 0 N–H and O–H groups in total. The van der Waals surface area contributed by atoms with Gasteiger partial charge >= 0.3 is 0 Å². The highest BCUT2D eigenvalue weighted by molar-refractivity contribution is 8.07. The summed E-state index contributed by atoms with van der Waals surface area (Å²) >= 11 is 2.10. The van der Waals surface area contributed by atoms with E-state index >= 15 is 0 Å². The molecule has 0 saturated carbocycles. The Balaban J connectivity index is 1.92. The molecule has 0 bridgehead atoms. The summed E-state index contributed by atoms with van der Waals surface area (Å²) in [6.45, 7) is 3.19. The minimum Gasteiger partial charge on any atom is -0.385 e. The van der Waals surface area contributed by atoms with Crippen molar-refractivity contribution in [3.05, 3.63) is 0 Å². The topological polar surface area (TPSA) is 9.23 Å². The highest BCUT2D eigenvalue weighted by Gasteiger charge is 2.35. The van der Waals surface area contributed by atoms with Gasteiger partial charge in [0.05, 0.1) is 0 Å². The van der Waals surface area contributed by atoms with Crippen LogP contribution in [-0.4, -0.2) is 24.2 Å². The molecule has 0 aromatic carbocycles. The van der Waals surface area contributed by atoms with Crippen LogP contribution in [0.1, 0.15) is 19.8 Å². The first-order valence-corrected chi connectivity index (χ1v) is 4.47. The van der Waals surface area contributed by atoms with Gasteiger partial charge in [0.15, 0.2) is 0 Å². The van der Waals surface area contributed by atoms with Crippen LogP contribution < -0.4 is 0 Å². The third-order valence-corrected chi connectivity index (χ3v) is 3.31. The van der Waals surface area contributed by atoms with E-state index in [1.807, 2.05) is 0 Å². The molecule has 0 amide bonds. The maximum Gasteiger partial charge on any atom is 0.0473 e. The minimum absolute atomic E-state index is 0.926. The van der Waals surface area contributed by atoms with E-state index < -0.39 is 0 Å². The van der Waals surface area contributed by atoms with Crippen LogP contribution in [-0.2, 0) is 4.74 Å². The van der Waals surface area contributed by atoms with Gasteiger partial charge in [-0.15, -0.1) is 0 Å². The van der Waals surface area contributed by atoms with Crippen LogP contribution in [0.4, 0.5) is 0 Å². The highest BCUT2D eigenvalue weighted by Crippen LogP contribution is 2.45. The van der Waals surface area contributed by atoms with Crippen molar-refractivity contribution in [2.75, 3.05) is 13.7 Å². The molecule has 0 aromatic rings. The van der Waals surface area contributed by atoms with E-state index in [9.17, 15) is 0 Å². The van der Waals surface area contributed by atoms with Crippen LogP contribution in [0.15, 0.2) is 0 Å². The average molecular weight is 146 g/mol. The van der Waals surface area contributed by atoms with Crippen molar-refractivity contribution in [3.8, 4) is 0 Å². The number of rotatable bonds is 4. The van der Waals surface area contributed by atoms with Crippen LogP contribution in [0.25, 0.3) is 0 Å². The molecule has 2 atom stereocenters. The molecule has 1 heterocycles. The fourth-order valence-corrected chi connectivity index (χ4v) is 2.14. The first-order valence-electron chi connectivity index (χ1n) is 3.53. The second-order valence-corrected chi connectivity index (χ2v) is 3.89. The lowest BCUT2D eigenvalue weighted by Gasteiger charge is -1.93. The van der Waals surface area contributed by atoms with Gasteiger partial charge in [0.2, 0.25) is 0 Å². The SMILES string of the molecule is CCC1SC1CCOC. The Bertz CT molecular complexity index is 85.0. The van der Waals surface area contributed by atoms with Gasteiger partial charge in [0.25, 0.3) is 0 Å². The Morgan fingerprint density at radius 3 is 2.67 bits per heavy atom. The lowest BCUT2D eigenvalue weighted by Crippen LogP contribution is -1.97. The molecule has 9 heavy (non-hydrogen) atoms. The molecule has 0 aromatic heterocycles. The Hall–Kier alpha value is 0.310. The molecule has 1 aliphatic heterocycles. The fourth-order valence-electron chi connectivity index (χ4n) is 1.03. The monoisotopic (exact) mass is 146 g/mol. The molecule has 0 aliphatic carbocycles. The predicted molar refractivity (Wildman–Crippen MR) is 42.0 cm³/mol. The van der Waals surface area contributed by atoms with E-state index in [4.69, 9.17) is 4.74 Å². The van der Waals surface area contributed by atoms with Gasteiger partial charge in [-0.25, -0.2) is 0 Å².